The van der Waals surface area contributed by atoms with Gasteiger partial charge in [-0.05, 0) is 94.1 Å². The van der Waals surface area contributed by atoms with Crippen molar-refractivity contribution < 1.29 is 41.0 Å². The van der Waals surface area contributed by atoms with Crippen molar-refractivity contribution in [3.05, 3.63) is 150 Å². The second kappa shape index (κ2) is 14.1. The zero-order valence-electron chi connectivity index (χ0n) is 39.5. The molecule has 8 aromatic rings. The normalized spacial score (nSPS) is 15.9. The minimum atomic E-state index is -2.38. The van der Waals surface area contributed by atoms with Crippen LogP contribution in [0.3, 0.4) is 0 Å². The van der Waals surface area contributed by atoms with E-state index >= 15 is 0 Å². The summed E-state index contributed by atoms with van der Waals surface area (Å²) in [6.45, 7) is -2.56. The Bertz CT molecular complexity index is 2840. The SMILES string of the molecule is [2H]C([2H])([2H])c1c[c-]c(-c2ccc(C([2H])([2H])[2H])cn2)cc1.[2H]C([2H])([2H])c1ccc2c(n1)oc1c(-c3cc(-c4ccc5cc(C(C)(C)C)ccc5c4)c(C([2H])([2H])[2H])cn3)[c-]ccc12.[Ir]. The van der Waals surface area contributed by atoms with Gasteiger partial charge in [0.25, 0.3) is 0 Å². The Labute approximate surface area is 324 Å². The number of pyridine rings is 3. The molecule has 0 saturated heterocycles. The molecule has 0 unspecified atom stereocenters. The van der Waals surface area contributed by atoms with E-state index < -0.39 is 27.4 Å². The molecule has 4 aromatic carbocycles. The Morgan fingerprint density at radius 1 is 0.700 bits per heavy atom. The number of hydrogen-bond donors (Lipinski definition) is 0. The van der Waals surface area contributed by atoms with Gasteiger partial charge in [-0.2, -0.15) is 0 Å². The average Bonchev–Trinajstić information content (AvgIpc) is 3.57. The third-order valence-electron chi connectivity index (χ3n) is 8.33. The van der Waals surface area contributed by atoms with Crippen LogP contribution in [0.2, 0.25) is 0 Å². The standard InChI is InChI=1S/C32H27N2O.C13H12N.Ir/c1-19-18-33-29(27-8-6-7-25-26-14-9-20(2)34-31(26)35-30(25)27)17-28(19)23-11-10-22-16-24(32(3,4)5)13-12-21(22)15-23;1-10-3-6-12(7-4-10)13-8-5-11(2)9-14-13;/h6-7,9-18H,1-5H3;3-6,8-9H,1-2H3;/q2*-1;/i2*1D3,2D3;. The Kier molecular flexibility index (Phi) is 6.40. The average molecular weight is 842 g/mol. The number of nitrogens with zero attached hydrogens (tertiary/aromatic N) is 3. The number of furan rings is 1. The molecule has 0 aliphatic rings. The van der Waals surface area contributed by atoms with Gasteiger partial charge in [-0.15, -0.1) is 53.6 Å². The van der Waals surface area contributed by atoms with E-state index in [1.807, 2.05) is 24.3 Å². The molecule has 0 atom stereocenters. The molecule has 5 heteroatoms. The molecule has 50 heavy (non-hydrogen) atoms. The first-order valence-corrected chi connectivity index (χ1v) is 15.7. The van der Waals surface area contributed by atoms with E-state index in [-0.39, 0.29) is 53.6 Å². The van der Waals surface area contributed by atoms with Crippen LogP contribution in [-0.2, 0) is 25.5 Å². The number of aromatic nitrogens is 3. The molecule has 251 valence electrons. The van der Waals surface area contributed by atoms with Gasteiger partial charge in [0.1, 0.15) is 0 Å². The summed E-state index contributed by atoms with van der Waals surface area (Å²) in [6.07, 6.45) is 2.69. The van der Waals surface area contributed by atoms with Crippen molar-refractivity contribution in [1.29, 1.82) is 0 Å². The van der Waals surface area contributed by atoms with Crippen LogP contribution < -0.4 is 0 Å². The topological polar surface area (TPSA) is 51.8 Å². The summed E-state index contributed by atoms with van der Waals surface area (Å²) in [6, 6.07) is 34.4. The smallest absolute Gasteiger partial charge is 0.216 e. The van der Waals surface area contributed by atoms with Gasteiger partial charge in [-0.3, -0.25) is 0 Å². The van der Waals surface area contributed by atoms with E-state index in [1.165, 1.54) is 42.2 Å². The minimum absolute atomic E-state index is 0. The monoisotopic (exact) mass is 842 g/mol. The van der Waals surface area contributed by atoms with Gasteiger partial charge in [0.05, 0.1) is 5.58 Å². The van der Waals surface area contributed by atoms with Gasteiger partial charge in [-0.1, -0.05) is 87.1 Å². The first-order valence-electron chi connectivity index (χ1n) is 21.7. The first kappa shape index (κ1) is 22.7. The molecule has 8 rings (SSSR count). The number of hydrogen-bond acceptors (Lipinski definition) is 4. The molecule has 0 aliphatic heterocycles. The van der Waals surface area contributed by atoms with E-state index in [2.05, 4.69) is 66.1 Å². The van der Waals surface area contributed by atoms with Crippen LogP contribution in [0.25, 0.3) is 66.5 Å². The zero-order valence-corrected chi connectivity index (χ0v) is 29.9. The predicted molar refractivity (Wildman–Crippen MR) is 203 cm³/mol. The van der Waals surface area contributed by atoms with E-state index in [9.17, 15) is 0 Å². The summed E-state index contributed by atoms with van der Waals surface area (Å²) < 4.78 is 97.3. The number of fused-ring (bicyclic) bond motifs is 4. The molecular formula is C45H39IrN3O-2. The van der Waals surface area contributed by atoms with Gasteiger partial charge in [0.15, 0.2) is 0 Å². The van der Waals surface area contributed by atoms with E-state index in [0.717, 1.165) is 21.7 Å². The molecule has 0 fully saturated rings. The van der Waals surface area contributed by atoms with Crippen LogP contribution >= 0.6 is 0 Å². The van der Waals surface area contributed by atoms with Crippen molar-refractivity contribution in [2.75, 3.05) is 0 Å². The molecule has 0 spiro atoms. The number of benzene rings is 4. The molecule has 4 heterocycles. The van der Waals surface area contributed by atoms with Crippen LogP contribution in [-0.4, -0.2) is 15.0 Å². The quantitative estimate of drug-likeness (QED) is 0.166. The molecule has 1 radical (unpaired) electrons. The first-order chi connectivity index (χ1) is 28.4. The maximum Gasteiger partial charge on any atom is 0.216 e. The second-order valence-corrected chi connectivity index (χ2v) is 12.8. The summed E-state index contributed by atoms with van der Waals surface area (Å²) in [5.41, 5.74) is 5.85. The third kappa shape index (κ3) is 7.16. The predicted octanol–water partition coefficient (Wildman–Crippen LogP) is 11.7. The summed E-state index contributed by atoms with van der Waals surface area (Å²) in [5, 5.41) is 3.50. The molecule has 0 bridgehead atoms. The number of aryl methyl sites for hydroxylation is 4. The van der Waals surface area contributed by atoms with Crippen LogP contribution in [0.15, 0.2) is 114 Å². The van der Waals surface area contributed by atoms with Crippen molar-refractivity contribution >= 4 is 32.8 Å². The van der Waals surface area contributed by atoms with Crippen LogP contribution in [0.5, 0.6) is 0 Å². The maximum atomic E-state index is 8.19. The number of rotatable bonds is 3. The fourth-order valence-corrected chi connectivity index (χ4v) is 5.66. The largest absolute Gasteiger partial charge is 0.486 e. The van der Waals surface area contributed by atoms with Crippen molar-refractivity contribution in [3.8, 4) is 33.6 Å². The van der Waals surface area contributed by atoms with Crippen molar-refractivity contribution in [3.63, 3.8) is 0 Å². The Balaban J connectivity index is 0.000000258. The second-order valence-electron chi connectivity index (χ2n) is 12.8. The van der Waals surface area contributed by atoms with Crippen molar-refractivity contribution in [2.45, 2.75) is 53.6 Å². The summed E-state index contributed by atoms with van der Waals surface area (Å²) in [4.78, 5) is 12.8. The molecule has 0 amide bonds. The molecule has 4 aromatic heterocycles. The van der Waals surface area contributed by atoms with E-state index in [4.69, 9.17) is 20.9 Å². The fourth-order valence-electron chi connectivity index (χ4n) is 5.66. The van der Waals surface area contributed by atoms with Gasteiger partial charge in [0.2, 0.25) is 5.71 Å². The van der Waals surface area contributed by atoms with Gasteiger partial charge in [-0.25, -0.2) is 4.98 Å². The van der Waals surface area contributed by atoms with E-state index in [1.54, 1.807) is 30.3 Å². The van der Waals surface area contributed by atoms with Crippen LogP contribution in [0, 0.1) is 39.5 Å². The fraction of sp³-hybridized carbons (Fsp3) is 0.178. The summed E-state index contributed by atoms with van der Waals surface area (Å²) in [5.74, 6) is 0. The Morgan fingerprint density at radius 2 is 1.52 bits per heavy atom. The zero-order chi connectivity index (χ0) is 44.3. The molecule has 4 nitrogen and oxygen atoms in total. The van der Waals surface area contributed by atoms with E-state index in [0.29, 0.717) is 39.0 Å². The Hall–Kier alpha value is -4.96. The van der Waals surface area contributed by atoms with Crippen molar-refractivity contribution in [1.82, 2.24) is 15.0 Å². The maximum absolute atomic E-state index is 8.19. The minimum Gasteiger partial charge on any atom is -0.486 e. The Morgan fingerprint density at radius 3 is 2.26 bits per heavy atom. The summed E-state index contributed by atoms with van der Waals surface area (Å²) >= 11 is 0. The van der Waals surface area contributed by atoms with Gasteiger partial charge >= 0.3 is 0 Å². The van der Waals surface area contributed by atoms with Crippen LogP contribution in [0.1, 0.15) is 65.2 Å². The molecule has 0 aliphatic carbocycles. The van der Waals surface area contributed by atoms with Gasteiger partial charge < -0.3 is 14.4 Å². The molecule has 0 saturated carbocycles. The van der Waals surface area contributed by atoms with Gasteiger partial charge in [0, 0.05) is 60.0 Å². The van der Waals surface area contributed by atoms with Crippen LogP contribution in [0.4, 0.5) is 0 Å². The third-order valence-corrected chi connectivity index (χ3v) is 8.33. The molecular weight excluding hydrogens is 791 g/mol. The molecule has 0 N–H and O–H groups in total. The van der Waals surface area contributed by atoms with Crippen molar-refractivity contribution in [2.24, 2.45) is 0 Å². The summed E-state index contributed by atoms with van der Waals surface area (Å²) in [7, 11) is 0.